The van der Waals surface area contributed by atoms with Crippen molar-refractivity contribution in [3.05, 3.63) is 44.6 Å². The van der Waals surface area contributed by atoms with E-state index in [1.165, 1.54) is 0 Å². The van der Waals surface area contributed by atoms with Crippen LogP contribution in [0.3, 0.4) is 0 Å². The molecule has 1 aromatic heterocycles. The third-order valence-corrected chi connectivity index (χ3v) is 4.41. The van der Waals surface area contributed by atoms with Crippen LogP contribution in [0.2, 0.25) is 0 Å². The molecule has 1 aromatic carbocycles. The van der Waals surface area contributed by atoms with Crippen LogP contribution < -0.4 is 9.47 Å². The highest BCUT2D eigenvalue weighted by Crippen LogP contribution is 2.39. The van der Waals surface area contributed by atoms with Crippen molar-refractivity contribution in [2.24, 2.45) is 0 Å². The van der Waals surface area contributed by atoms with Gasteiger partial charge in [0.05, 0.1) is 13.2 Å². The van der Waals surface area contributed by atoms with Gasteiger partial charge in [-0.2, -0.15) is 11.3 Å². The van der Waals surface area contributed by atoms with E-state index in [9.17, 15) is 5.11 Å². The highest BCUT2D eigenvalue weighted by molar-refractivity contribution is 9.10. The highest BCUT2D eigenvalue weighted by Gasteiger charge is 2.19. The van der Waals surface area contributed by atoms with Crippen LogP contribution in [-0.2, 0) is 0 Å². The van der Waals surface area contributed by atoms with Crippen LogP contribution in [0.5, 0.6) is 11.5 Å². The molecule has 1 N–H and O–H groups in total. The van der Waals surface area contributed by atoms with Crippen molar-refractivity contribution in [3.63, 3.8) is 0 Å². The number of halogens is 1. The van der Waals surface area contributed by atoms with Gasteiger partial charge in [0.25, 0.3) is 0 Å². The maximum atomic E-state index is 10.4. The zero-order valence-corrected chi connectivity index (χ0v) is 12.5. The van der Waals surface area contributed by atoms with Crippen molar-refractivity contribution in [3.8, 4) is 11.5 Å². The number of hydrogen-bond donors (Lipinski definition) is 1. The van der Waals surface area contributed by atoms with E-state index in [1.54, 1.807) is 11.3 Å². The Morgan fingerprint density at radius 1 is 1.21 bits per heavy atom. The number of fused-ring (bicyclic) bond motifs is 1. The fourth-order valence-electron chi connectivity index (χ4n) is 2.02. The fraction of sp³-hybridized carbons (Fsp3) is 0.286. The average molecular weight is 341 g/mol. The number of hydrogen-bond acceptors (Lipinski definition) is 4. The van der Waals surface area contributed by atoms with Crippen molar-refractivity contribution < 1.29 is 14.6 Å². The predicted molar refractivity (Wildman–Crippen MR) is 78.1 cm³/mol. The molecule has 1 aliphatic heterocycles. The van der Waals surface area contributed by atoms with E-state index >= 15 is 0 Å². The van der Waals surface area contributed by atoms with Gasteiger partial charge in [-0.15, -0.1) is 0 Å². The van der Waals surface area contributed by atoms with Crippen LogP contribution in [0.15, 0.2) is 33.4 Å². The molecule has 0 saturated carbocycles. The van der Waals surface area contributed by atoms with Gasteiger partial charge in [-0.25, -0.2) is 0 Å². The van der Waals surface area contributed by atoms with Crippen LogP contribution in [0, 0.1) is 0 Å². The monoisotopic (exact) mass is 340 g/mol. The Labute approximate surface area is 123 Å². The Kier molecular flexibility index (Phi) is 3.77. The van der Waals surface area contributed by atoms with Gasteiger partial charge in [-0.3, -0.25) is 0 Å². The SMILES string of the molecule is OC(c1ccsc1)c1cc2c(cc1Br)OCCCO2. The van der Waals surface area contributed by atoms with Gasteiger partial charge in [0, 0.05) is 16.5 Å². The number of thiophene rings is 1. The van der Waals surface area contributed by atoms with E-state index in [1.807, 2.05) is 29.0 Å². The minimum absolute atomic E-state index is 0.641. The number of ether oxygens (including phenoxy) is 2. The third kappa shape index (κ3) is 2.63. The molecule has 0 radical (unpaired) electrons. The molecule has 100 valence electrons. The van der Waals surface area contributed by atoms with Crippen LogP contribution in [-0.4, -0.2) is 18.3 Å². The standard InChI is InChI=1S/C14H13BrO3S/c15-11-7-13-12(17-3-1-4-18-13)6-10(11)14(16)9-2-5-19-8-9/h2,5-8,14,16H,1,3-4H2. The van der Waals surface area contributed by atoms with Crippen LogP contribution >= 0.6 is 27.3 Å². The Morgan fingerprint density at radius 2 is 1.95 bits per heavy atom. The van der Waals surface area contributed by atoms with Crippen molar-refractivity contribution in [1.29, 1.82) is 0 Å². The van der Waals surface area contributed by atoms with Crippen molar-refractivity contribution >= 4 is 27.3 Å². The van der Waals surface area contributed by atoms with E-state index < -0.39 is 6.10 Å². The smallest absolute Gasteiger partial charge is 0.162 e. The average Bonchev–Trinajstić information content (AvgIpc) is 2.84. The Balaban J connectivity index is 2.00. The summed E-state index contributed by atoms with van der Waals surface area (Å²) >= 11 is 5.06. The van der Waals surface area contributed by atoms with Gasteiger partial charge in [-0.05, 0) is 34.5 Å². The van der Waals surface area contributed by atoms with Gasteiger partial charge < -0.3 is 14.6 Å². The lowest BCUT2D eigenvalue weighted by molar-refractivity contribution is 0.219. The van der Waals surface area contributed by atoms with Gasteiger partial charge in [-0.1, -0.05) is 15.9 Å². The molecule has 0 spiro atoms. The van der Waals surface area contributed by atoms with Crippen molar-refractivity contribution in [2.75, 3.05) is 13.2 Å². The molecule has 0 aliphatic carbocycles. The summed E-state index contributed by atoms with van der Waals surface area (Å²) in [5.41, 5.74) is 1.68. The maximum Gasteiger partial charge on any atom is 0.162 e. The summed E-state index contributed by atoms with van der Waals surface area (Å²) in [6.07, 6.45) is 0.215. The second kappa shape index (κ2) is 5.53. The molecule has 1 atom stereocenters. The quantitative estimate of drug-likeness (QED) is 0.904. The van der Waals surface area contributed by atoms with Crippen LogP contribution in [0.25, 0.3) is 0 Å². The summed E-state index contributed by atoms with van der Waals surface area (Å²) in [6, 6.07) is 5.64. The number of aliphatic hydroxyl groups excluding tert-OH is 1. The molecule has 0 fully saturated rings. The molecular weight excluding hydrogens is 328 g/mol. The minimum Gasteiger partial charge on any atom is -0.490 e. The van der Waals surface area contributed by atoms with Gasteiger partial charge in [0.2, 0.25) is 0 Å². The molecule has 2 heterocycles. The summed E-state index contributed by atoms with van der Waals surface area (Å²) in [5, 5.41) is 14.3. The first-order valence-electron chi connectivity index (χ1n) is 6.05. The summed E-state index contributed by atoms with van der Waals surface area (Å²) in [6.45, 7) is 1.30. The predicted octanol–water partition coefficient (Wildman–Crippen LogP) is 3.75. The topological polar surface area (TPSA) is 38.7 Å². The second-order valence-corrected chi connectivity index (χ2v) is 5.96. The maximum absolute atomic E-state index is 10.4. The highest BCUT2D eigenvalue weighted by atomic mass is 79.9. The second-order valence-electron chi connectivity index (χ2n) is 4.33. The summed E-state index contributed by atoms with van der Waals surface area (Å²) in [4.78, 5) is 0. The van der Waals surface area contributed by atoms with E-state index in [2.05, 4.69) is 15.9 Å². The lowest BCUT2D eigenvalue weighted by Crippen LogP contribution is -2.01. The van der Waals surface area contributed by atoms with E-state index in [0.717, 1.165) is 27.8 Å². The first-order chi connectivity index (χ1) is 9.25. The third-order valence-electron chi connectivity index (χ3n) is 3.02. The lowest BCUT2D eigenvalue weighted by atomic mass is 10.0. The Hall–Kier alpha value is -1.04. The van der Waals surface area contributed by atoms with Crippen molar-refractivity contribution in [1.82, 2.24) is 0 Å². The van der Waals surface area contributed by atoms with Crippen molar-refractivity contribution in [2.45, 2.75) is 12.5 Å². The molecule has 5 heteroatoms. The van der Waals surface area contributed by atoms with Gasteiger partial charge in [0.1, 0.15) is 6.10 Å². The largest absolute Gasteiger partial charge is 0.490 e. The number of benzene rings is 1. The molecule has 0 saturated heterocycles. The Bertz CT molecular complexity index is 568. The zero-order chi connectivity index (χ0) is 13.2. The van der Waals surface area contributed by atoms with Gasteiger partial charge >= 0.3 is 0 Å². The van der Waals surface area contributed by atoms with E-state index in [-0.39, 0.29) is 0 Å². The molecule has 2 aromatic rings. The normalized spacial score (nSPS) is 15.9. The first-order valence-corrected chi connectivity index (χ1v) is 7.78. The molecule has 1 aliphatic rings. The fourth-order valence-corrected chi connectivity index (χ4v) is 3.24. The number of aliphatic hydroxyl groups is 1. The van der Waals surface area contributed by atoms with E-state index in [4.69, 9.17) is 9.47 Å². The molecule has 3 nitrogen and oxygen atoms in total. The van der Waals surface area contributed by atoms with Crippen LogP contribution in [0.1, 0.15) is 23.7 Å². The lowest BCUT2D eigenvalue weighted by Gasteiger charge is -2.15. The first kappa shape index (κ1) is 13.0. The Morgan fingerprint density at radius 3 is 2.63 bits per heavy atom. The zero-order valence-electron chi connectivity index (χ0n) is 10.1. The summed E-state index contributed by atoms with van der Waals surface area (Å²) in [7, 11) is 0. The molecule has 0 bridgehead atoms. The molecule has 0 amide bonds. The van der Waals surface area contributed by atoms with Crippen LogP contribution in [0.4, 0.5) is 0 Å². The van der Waals surface area contributed by atoms with E-state index in [0.29, 0.717) is 19.0 Å². The molecular formula is C14H13BrO3S. The molecule has 19 heavy (non-hydrogen) atoms. The summed E-state index contributed by atoms with van der Waals surface area (Å²) < 4.78 is 12.1. The summed E-state index contributed by atoms with van der Waals surface area (Å²) in [5.74, 6) is 1.43. The molecule has 3 rings (SSSR count). The number of rotatable bonds is 2. The molecule has 1 unspecified atom stereocenters. The van der Waals surface area contributed by atoms with Gasteiger partial charge in [0.15, 0.2) is 11.5 Å². The minimum atomic E-state index is -0.655.